The number of methoxy groups -OCH3 is 1. The minimum absolute atomic E-state index is 0.236. The highest BCUT2D eigenvalue weighted by Gasteiger charge is 2.14. The molecule has 2 aromatic rings. The van der Waals surface area contributed by atoms with Gasteiger partial charge in [-0.05, 0) is 57.4 Å². The molecule has 0 spiro atoms. The van der Waals surface area contributed by atoms with E-state index in [0.717, 1.165) is 10.0 Å². The van der Waals surface area contributed by atoms with Crippen LogP contribution in [0.2, 0.25) is 0 Å². The third-order valence-electron chi connectivity index (χ3n) is 3.40. The van der Waals surface area contributed by atoms with Gasteiger partial charge in [-0.25, -0.2) is 4.79 Å². The summed E-state index contributed by atoms with van der Waals surface area (Å²) in [5, 5.41) is 11.5. The highest BCUT2D eigenvalue weighted by molar-refractivity contribution is 9.10. The zero-order valence-corrected chi connectivity index (χ0v) is 17.8. The molecule has 0 heterocycles. The van der Waals surface area contributed by atoms with Crippen molar-refractivity contribution in [2.45, 2.75) is 13.5 Å². The molecule has 0 bridgehead atoms. The van der Waals surface area contributed by atoms with Crippen LogP contribution >= 0.6 is 31.9 Å². The monoisotopic (exact) mass is 497 g/mol. The lowest BCUT2D eigenvalue weighted by molar-refractivity contribution is -0.134. The Morgan fingerprint density at radius 3 is 2.41 bits per heavy atom. The number of nitrogens with one attached hydrogen (secondary N) is 1. The SMILES string of the molecule is COc1cc(C=C(NC(C)=O)C(=O)O)cc(Br)c1OCc1ccc(Br)cc1. The summed E-state index contributed by atoms with van der Waals surface area (Å²) >= 11 is 6.81. The third kappa shape index (κ3) is 6.11. The summed E-state index contributed by atoms with van der Waals surface area (Å²) < 4.78 is 12.8. The van der Waals surface area contributed by atoms with Crippen molar-refractivity contribution in [3.8, 4) is 11.5 Å². The Balaban J connectivity index is 2.29. The van der Waals surface area contributed by atoms with Crippen LogP contribution in [0.5, 0.6) is 11.5 Å². The van der Waals surface area contributed by atoms with Crippen molar-refractivity contribution in [2.75, 3.05) is 7.11 Å². The fraction of sp³-hybridized carbons (Fsp3) is 0.158. The van der Waals surface area contributed by atoms with Crippen molar-refractivity contribution in [3.05, 3.63) is 62.2 Å². The molecule has 8 heteroatoms. The fourth-order valence-electron chi connectivity index (χ4n) is 2.21. The van der Waals surface area contributed by atoms with Crippen molar-refractivity contribution in [3.63, 3.8) is 0 Å². The van der Waals surface area contributed by atoms with Crippen LogP contribution in [-0.4, -0.2) is 24.1 Å². The van der Waals surface area contributed by atoms with Crippen LogP contribution in [0.1, 0.15) is 18.1 Å². The van der Waals surface area contributed by atoms with Gasteiger partial charge in [0.1, 0.15) is 12.3 Å². The average molecular weight is 499 g/mol. The van der Waals surface area contributed by atoms with E-state index in [1.807, 2.05) is 24.3 Å². The summed E-state index contributed by atoms with van der Waals surface area (Å²) in [6.07, 6.45) is 1.34. The summed E-state index contributed by atoms with van der Waals surface area (Å²) in [4.78, 5) is 22.4. The molecule has 0 radical (unpaired) electrons. The fourth-order valence-corrected chi connectivity index (χ4v) is 3.05. The number of carbonyl (C=O) groups is 2. The van der Waals surface area contributed by atoms with Crippen molar-refractivity contribution >= 4 is 49.8 Å². The lowest BCUT2D eigenvalue weighted by atomic mass is 10.1. The van der Waals surface area contributed by atoms with Gasteiger partial charge in [-0.15, -0.1) is 0 Å². The molecule has 0 atom stereocenters. The Morgan fingerprint density at radius 1 is 1.19 bits per heavy atom. The number of carboxylic acids is 1. The Labute approximate surface area is 173 Å². The zero-order chi connectivity index (χ0) is 20.0. The van der Waals surface area contributed by atoms with E-state index in [4.69, 9.17) is 9.47 Å². The van der Waals surface area contributed by atoms with Crippen LogP contribution in [0.25, 0.3) is 6.08 Å². The number of benzene rings is 2. The molecule has 0 saturated heterocycles. The van der Waals surface area contributed by atoms with E-state index in [9.17, 15) is 14.7 Å². The maximum Gasteiger partial charge on any atom is 0.352 e. The predicted octanol–water partition coefficient (Wildman–Crippen LogP) is 4.36. The van der Waals surface area contributed by atoms with Crippen LogP contribution in [-0.2, 0) is 16.2 Å². The van der Waals surface area contributed by atoms with Gasteiger partial charge >= 0.3 is 5.97 Å². The topological polar surface area (TPSA) is 84.9 Å². The first-order valence-corrected chi connectivity index (χ1v) is 9.36. The van der Waals surface area contributed by atoms with Crippen molar-refractivity contribution in [2.24, 2.45) is 0 Å². The van der Waals surface area contributed by atoms with Crippen LogP contribution in [0.4, 0.5) is 0 Å². The number of halogens is 2. The van der Waals surface area contributed by atoms with Gasteiger partial charge in [0.05, 0.1) is 11.6 Å². The molecule has 0 fully saturated rings. The Kier molecular flexibility index (Phi) is 7.44. The second-order valence-corrected chi connectivity index (χ2v) is 7.26. The number of hydrogen-bond acceptors (Lipinski definition) is 4. The quantitative estimate of drug-likeness (QED) is 0.554. The smallest absolute Gasteiger partial charge is 0.352 e. The summed E-state index contributed by atoms with van der Waals surface area (Å²) in [7, 11) is 1.49. The van der Waals surface area contributed by atoms with Gasteiger partial charge in [-0.1, -0.05) is 28.1 Å². The molecule has 27 heavy (non-hydrogen) atoms. The highest BCUT2D eigenvalue weighted by Crippen LogP contribution is 2.37. The Bertz CT molecular complexity index is 878. The Morgan fingerprint density at radius 2 is 1.85 bits per heavy atom. The number of rotatable bonds is 7. The van der Waals surface area contributed by atoms with Crippen LogP contribution < -0.4 is 14.8 Å². The van der Waals surface area contributed by atoms with Gasteiger partial charge in [-0.3, -0.25) is 4.79 Å². The minimum atomic E-state index is -1.24. The lowest BCUT2D eigenvalue weighted by Crippen LogP contribution is -2.24. The summed E-state index contributed by atoms with van der Waals surface area (Å²) in [5.41, 5.74) is 1.27. The molecule has 0 aliphatic rings. The minimum Gasteiger partial charge on any atom is -0.493 e. The molecular weight excluding hydrogens is 482 g/mol. The second kappa shape index (κ2) is 9.57. The average Bonchev–Trinajstić information content (AvgIpc) is 2.60. The molecule has 2 aromatic carbocycles. The van der Waals surface area contributed by atoms with E-state index in [-0.39, 0.29) is 5.70 Å². The molecular formula is C19H17Br2NO5. The first-order chi connectivity index (χ1) is 12.8. The molecule has 2 rings (SSSR count). The van der Waals surface area contributed by atoms with E-state index in [0.29, 0.717) is 28.1 Å². The van der Waals surface area contributed by atoms with Crippen molar-refractivity contribution in [1.82, 2.24) is 5.32 Å². The predicted molar refractivity (Wildman–Crippen MR) is 109 cm³/mol. The van der Waals surface area contributed by atoms with Crippen molar-refractivity contribution < 1.29 is 24.2 Å². The van der Waals surface area contributed by atoms with E-state index >= 15 is 0 Å². The van der Waals surface area contributed by atoms with Crippen LogP contribution in [0.3, 0.4) is 0 Å². The van der Waals surface area contributed by atoms with Gasteiger partial charge in [0, 0.05) is 11.4 Å². The molecule has 0 aliphatic carbocycles. The first-order valence-electron chi connectivity index (χ1n) is 7.77. The number of carbonyl (C=O) groups excluding carboxylic acids is 1. The Hall–Kier alpha value is -2.32. The molecule has 0 aliphatic heterocycles. The summed E-state index contributed by atoms with van der Waals surface area (Å²) in [6, 6.07) is 11.0. The van der Waals surface area contributed by atoms with Gasteiger partial charge < -0.3 is 19.9 Å². The molecule has 2 N–H and O–H groups in total. The lowest BCUT2D eigenvalue weighted by Gasteiger charge is -2.14. The number of hydrogen-bond donors (Lipinski definition) is 2. The van der Waals surface area contributed by atoms with Gasteiger partial charge in [0.25, 0.3) is 0 Å². The van der Waals surface area contributed by atoms with Crippen LogP contribution in [0, 0.1) is 0 Å². The molecule has 0 saturated carbocycles. The molecule has 142 valence electrons. The first kappa shape index (κ1) is 21.0. The van der Waals surface area contributed by atoms with Gasteiger partial charge in [0.15, 0.2) is 11.5 Å². The number of ether oxygens (including phenoxy) is 2. The van der Waals surface area contributed by atoms with E-state index in [2.05, 4.69) is 37.2 Å². The van der Waals surface area contributed by atoms with Gasteiger partial charge in [0.2, 0.25) is 5.91 Å². The largest absolute Gasteiger partial charge is 0.493 e. The molecule has 1 amide bonds. The standard InChI is InChI=1S/C19H17Br2NO5/c1-11(23)22-16(19(24)25)8-13-7-15(21)18(17(9-13)26-2)27-10-12-3-5-14(20)6-4-12/h3-9H,10H2,1-2H3,(H,22,23)(H,24,25). The maximum atomic E-state index is 11.3. The number of carboxylic acid groups (broad SMARTS) is 1. The zero-order valence-electron chi connectivity index (χ0n) is 14.6. The molecule has 0 unspecified atom stereocenters. The molecule has 6 nitrogen and oxygen atoms in total. The van der Waals surface area contributed by atoms with Crippen molar-refractivity contribution in [1.29, 1.82) is 0 Å². The third-order valence-corrected chi connectivity index (χ3v) is 4.52. The summed E-state index contributed by atoms with van der Waals surface area (Å²) in [5.74, 6) is -0.783. The second-order valence-electron chi connectivity index (χ2n) is 5.49. The number of aliphatic carboxylic acids is 1. The normalized spacial score (nSPS) is 11.0. The number of amides is 1. The summed E-state index contributed by atoms with van der Waals surface area (Å²) in [6.45, 7) is 1.58. The van der Waals surface area contributed by atoms with E-state index in [1.54, 1.807) is 12.1 Å². The van der Waals surface area contributed by atoms with Gasteiger partial charge in [-0.2, -0.15) is 0 Å². The van der Waals surface area contributed by atoms with Crippen LogP contribution in [0.15, 0.2) is 51.0 Å². The highest BCUT2D eigenvalue weighted by atomic mass is 79.9. The van der Waals surface area contributed by atoms with E-state index in [1.165, 1.54) is 20.1 Å². The maximum absolute atomic E-state index is 11.3. The van der Waals surface area contributed by atoms with E-state index < -0.39 is 11.9 Å². The molecule has 0 aromatic heterocycles.